The molecule has 6 heteroatoms. The lowest BCUT2D eigenvalue weighted by atomic mass is 10.1. The Bertz CT molecular complexity index is 498. The molecule has 0 bridgehead atoms. The van der Waals surface area contributed by atoms with E-state index in [0.29, 0.717) is 0 Å². The van der Waals surface area contributed by atoms with Gasteiger partial charge in [-0.2, -0.15) is 10.2 Å². The second kappa shape index (κ2) is 4.68. The molecule has 0 aromatic carbocycles. The molecule has 3 N–H and O–H groups in total. The van der Waals surface area contributed by atoms with Crippen LogP contribution in [0.5, 0.6) is 0 Å². The van der Waals surface area contributed by atoms with Crippen molar-refractivity contribution in [2.24, 2.45) is 19.9 Å². The van der Waals surface area contributed by atoms with E-state index in [2.05, 4.69) is 15.6 Å². The van der Waals surface area contributed by atoms with Crippen molar-refractivity contribution < 1.29 is 0 Å². The summed E-state index contributed by atoms with van der Waals surface area (Å²) in [6.07, 6.45) is 4.64. The van der Waals surface area contributed by atoms with E-state index in [9.17, 15) is 0 Å². The van der Waals surface area contributed by atoms with Gasteiger partial charge >= 0.3 is 0 Å². The van der Waals surface area contributed by atoms with Gasteiger partial charge in [0, 0.05) is 20.3 Å². The molecule has 0 aliphatic rings. The average Bonchev–Trinajstić information content (AvgIpc) is 2.82. The molecule has 1 atom stereocenters. The summed E-state index contributed by atoms with van der Waals surface area (Å²) in [5.74, 6) is 5.62. The summed E-state index contributed by atoms with van der Waals surface area (Å²) >= 11 is 0. The van der Waals surface area contributed by atoms with Crippen LogP contribution in [0.1, 0.15) is 23.0 Å². The molecule has 17 heavy (non-hydrogen) atoms. The lowest BCUT2D eigenvalue weighted by Gasteiger charge is -2.15. The van der Waals surface area contributed by atoms with Crippen LogP contribution in [0.3, 0.4) is 0 Å². The monoisotopic (exact) mass is 234 g/mol. The zero-order valence-electron chi connectivity index (χ0n) is 10.4. The fourth-order valence-corrected chi connectivity index (χ4v) is 2.02. The Morgan fingerprint density at radius 1 is 1.47 bits per heavy atom. The predicted octanol–water partition coefficient (Wildman–Crippen LogP) is 0.209. The second-order valence-electron chi connectivity index (χ2n) is 4.28. The molecule has 92 valence electrons. The third-order valence-corrected chi connectivity index (χ3v) is 2.79. The molecule has 0 aliphatic heterocycles. The number of nitrogens with zero attached hydrogens (tertiary/aromatic N) is 4. The number of hydrazine groups is 1. The number of aromatic nitrogens is 4. The van der Waals surface area contributed by atoms with E-state index in [0.717, 1.165) is 23.4 Å². The number of hydrogen-bond donors (Lipinski definition) is 2. The maximum absolute atomic E-state index is 5.62. The van der Waals surface area contributed by atoms with Crippen LogP contribution < -0.4 is 11.3 Å². The zero-order valence-corrected chi connectivity index (χ0v) is 10.4. The summed E-state index contributed by atoms with van der Waals surface area (Å²) in [4.78, 5) is 0. The molecule has 0 aliphatic carbocycles. The maximum Gasteiger partial charge on any atom is 0.0670 e. The van der Waals surface area contributed by atoms with Crippen molar-refractivity contribution in [3.63, 3.8) is 0 Å². The Balaban J connectivity index is 2.19. The highest BCUT2D eigenvalue weighted by atomic mass is 15.3. The Morgan fingerprint density at radius 2 is 2.24 bits per heavy atom. The normalized spacial score (nSPS) is 12.9. The SMILES string of the molecule is Cc1cc(C(Cc2cnn(C)c2)NN)n(C)n1. The van der Waals surface area contributed by atoms with Crippen LogP contribution in [0.15, 0.2) is 18.5 Å². The molecular weight excluding hydrogens is 216 g/mol. The van der Waals surface area contributed by atoms with Gasteiger partial charge in [0.1, 0.15) is 0 Å². The quantitative estimate of drug-likeness (QED) is 0.586. The second-order valence-corrected chi connectivity index (χ2v) is 4.28. The zero-order chi connectivity index (χ0) is 12.4. The van der Waals surface area contributed by atoms with Crippen LogP contribution in [0.2, 0.25) is 0 Å². The molecule has 0 spiro atoms. The molecule has 6 nitrogen and oxygen atoms in total. The van der Waals surface area contributed by atoms with Crippen LogP contribution in [-0.2, 0) is 20.5 Å². The van der Waals surface area contributed by atoms with Crippen LogP contribution >= 0.6 is 0 Å². The number of rotatable bonds is 4. The van der Waals surface area contributed by atoms with Crippen molar-refractivity contribution in [3.05, 3.63) is 35.4 Å². The van der Waals surface area contributed by atoms with E-state index in [4.69, 9.17) is 5.84 Å². The molecule has 2 heterocycles. The Hall–Kier alpha value is -1.66. The third kappa shape index (κ3) is 2.54. The lowest BCUT2D eigenvalue weighted by molar-refractivity contribution is 0.508. The van der Waals surface area contributed by atoms with Gasteiger partial charge in [-0.05, 0) is 25.0 Å². The summed E-state index contributed by atoms with van der Waals surface area (Å²) in [6, 6.07) is 2.09. The first-order valence-electron chi connectivity index (χ1n) is 5.54. The number of hydrogen-bond acceptors (Lipinski definition) is 4. The van der Waals surface area contributed by atoms with Gasteiger partial charge in [0.2, 0.25) is 0 Å². The molecule has 2 rings (SSSR count). The standard InChI is InChI=1S/C11H18N6/c1-8-4-11(17(3)15-8)10(14-12)5-9-6-13-16(2)7-9/h4,6-7,10,14H,5,12H2,1-3H3. The van der Waals surface area contributed by atoms with Gasteiger partial charge in [-0.3, -0.25) is 20.6 Å². The van der Waals surface area contributed by atoms with Crippen LogP contribution in [0.25, 0.3) is 0 Å². The fourth-order valence-electron chi connectivity index (χ4n) is 2.02. The highest BCUT2D eigenvalue weighted by Crippen LogP contribution is 2.17. The van der Waals surface area contributed by atoms with E-state index in [1.807, 2.05) is 44.2 Å². The highest BCUT2D eigenvalue weighted by Gasteiger charge is 2.15. The first-order chi connectivity index (χ1) is 8.10. The van der Waals surface area contributed by atoms with E-state index in [-0.39, 0.29) is 6.04 Å². The topological polar surface area (TPSA) is 73.7 Å². The summed E-state index contributed by atoms with van der Waals surface area (Å²) in [6.45, 7) is 1.97. The first kappa shape index (κ1) is 11.8. The van der Waals surface area contributed by atoms with Crippen molar-refractivity contribution >= 4 is 0 Å². The Labute approximate surface area is 100 Å². The minimum Gasteiger partial charge on any atom is -0.276 e. The van der Waals surface area contributed by atoms with Gasteiger partial charge in [-0.1, -0.05) is 0 Å². The van der Waals surface area contributed by atoms with E-state index < -0.39 is 0 Å². The molecule has 2 aromatic rings. The largest absolute Gasteiger partial charge is 0.276 e. The van der Waals surface area contributed by atoms with Crippen LogP contribution in [0.4, 0.5) is 0 Å². The number of nitrogens with one attached hydrogen (secondary N) is 1. The minimum absolute atomic E-state index is 0.0467. The average molecular weight is 234 g/mol. The van der Waals surface area contributed by atoms with Gasteiger partial charge in [0.25, 0.3) is 0 Å². The van der Waals surface area contributed by atoms with Crippen molar-refractivity contribution in [2.75, 3.05) is 0 Å². The smallest absolute Gasteiger partial charge is 0.0670 e. The third-order valence-electron chi connectivity index (χ3n) is 2.79. The van der Waals surface area contributed by atoms with Crippen molar-refractivity contribution in [1.82, 2.24) is 25.0 Å². The molecule has 0 amide bonds. The molecule has 0 saturated carbocycles. The fraction of sp³-hybridized carbons (Fsp3) is 0.455. The van der Waals surface area contributed by atoms with Crippen LogP contribution in [-0.4, -0.2) is 19.6 Å². The Kier molecular flexibility index (Phi) is 3.26. The van der Waals surface area contributed by atoms with Gasteiger partial charge in [-0.15, -0.1) is 0 Å². The van der Waals surface area contributed by atoms with Gasteiger partial charge in [-0.25, -0.2) is 0 Å². The maximum atomic E-state index is 5.62. The first-order valence-corrected chi connectivity index (χ1v) is 5.54. The summed E-state index contributed by atoms with van der Waals surface area (Å²) in [5, 5.41) is 8.48. The van der Waals surface area contributed by atoms with Gasteiger partial charge in [0.05, 0.1) is 23.6 Å². The van der Waals surface area contributed by atoms with E-state index in [1.165, 1.54) is 0 Å². The molecule has 0 fully saturated rings. The summed E-state index contributed by atoms with van der Waals surface area (Å²) < 4.78 is 3.65. The summed E-state index contributed by atoms with van der Waals surface area (Å²) in [5.41, 5.74) is 6.05. The van der Waals surface area contributed by atoms with E-state index in [1.54, 1.807) is 4.68 Å². The highest BCUT2D eigenvalue weighted by molar-refractivity contribution is 5.17. The minimum atomic E-state index is 0.0467. The predicted molar refractivity (Wildman–Crippen MR) is 64.9 cm³/mol. The molecule has 1 unspecified atom stereocenters. The molecule has 2 aromatic heterocycles. The summed E-state index contributed by atoms with van der Waals surface area (Å²) in [7, 11) is 3.83. The number of aryl methyl sites for hydroxylation is 3. The van der Waals surface area contributed by atoms with Crippen molar-refractivity contribution in [1.29, 1.82) is 0 Å². The molecule has 0 saturated heterocycles. The Morgan fingerprint density at radius 3 is 2.71 bits per heavy atom. The number of nitrogens with two attached hydrogens (primary N) is 1. The molecular formula is C11H18N6. The lowest BCUT2D eigenvalue weighted by Crippen LogP contribution is -2.31. The van der Waals surface area contributed by atoms with Crippen LogP contribution in [0, 0.1) is 6.92 Å². The van der Waals surface area contributed by atoms with Crippen molar-refractivity contribution in [2.45, 2.75) is 19.4 Å². The van der Waals surface area contributed by atoms with Gasteiger partial charge in [0.15, 0.2) is 0 Å². The van der Waals surface area contributed by atoms with Crippen molar-refractivity contribution in [3.8, 4) is 0 Å². The van der Waals surface area contributed by atoms with Gasteiger partial charge < -0.3 is 0 Å². The molecule has 0 radical (unpaired) electrons. The van der Waals surface area contributed by atoms with E-state index >= 15 is 0 Å².